The number of halogens is 1. The van der Waals surface area contributed by atoms with Crippen molar-refractivity contribution in [1.29, 1.82) is 0 Å². The minimum atomic E-state index is -1.32. The van der Waals surface area contributed by atoms with Crippen molar-refractivity contribution in [3.8, 4) is 0 Å². The number of morpholine rings is 1. The minimum absolute atomic E-state index is 0.0694. The fraction of sp³-hybridized carbons (Fsp3) is 0.543. The number of ether oxygens (including phenoxy) is 2. The van der Waals surface area contributed by atoms with Crippen molar-refractivity contribution >= 4 is 45.9 Å². The fourth-order valence-corrected chi connectivity index (χ4v) is 7.76. The van der Waals surface area contributed by atoms with Crippen LogP contribution in [-0.4, -0.2) is 92.7 Å². The van der Waals surface area contributed by atoms with Gasteiger partial charge < -0.3 is 19.9 Å². The number of hydrogen-bond donors (Lipinski definition) is 2. The van der Waals surface area contributed by atoms with Crippen LogP contribution < -0.4 is 5.32 Å². The first kappa shape index (κ1) is 33.5. The number of nitrogens with one attached hydrogen (secondary N) is 1. The minimum Gasteiger partial charge on any atom is -0.481 e. The van der Waals surface area contributed by atoms with Crippen LogP contribution in [0.2, 0.25) is 5.02 Å². The van der Waals surface area contributed by atoms with Crippen molar-refractivity contribution in [3.05, 3.63) is 58.7 Å². The number of aryl methyl sites for hydroxylation is 1. The summed E-state index contributed by atoms with van der Waals surface area (Å²) in [6, 6.07) is 12.8. The smallest absolute Gasteiger partial charge is 0.306 e. The Kier molecular flexibility index (Phi) is 10.0. The zero-order valence-electron chi connectivity index (χ0n) is 27.3. The van der Waals surface area contributed by atoms with Crippen molar-refractivity contribution in [2.45, 2.75) is 83.0 Å². The Labute approximate surface area is 280 Å². The molecule has 2 aliphatic heterocycles. The van der Waals surface area contributed by atoms with E-state index in [-0.39, 0.29) is 42.3 Å². The van der Waals surface area contributed by atoms with E-state index in [0.29, 0.717) is 60.7 Å². The quantitative estimate of drug-likeness (QED) is 0.304. The van der Waals surface area contributed by atoms with Gasteiger partial charge in [0.1, 0.15) is 0 Å². The van der Waals surface area contributed by atoms with Gasteiger partial charge in [-0.05, 0) is 76.1 Å². The molecular weight excluding hydrogens is 622 g/mol. The number of rotatable bonds is 10. The average Bonchev–Trinajstić information content (AvgIpc) is 3.70. The molecule has 3 aliphatic rings. The summed E-state index contributed by atoms with van der Waals surface area (Å²) < 4.78 is 14.7. The first-order valence-electron chi connectivity index (χ1n) is 16.7. The van der Waals surface area contributed by atoms with Crippen LogP contribution >= 0.6 is 11.6 Å². The van der Waals surface area contributed by atoms with Crippen LogP contribution in [0.3, 0.4) is 0 Å². The lowest BCUT2D eigenvalue weighted by Gasteiger charge is -2.52. The van der Waals surface area contributed by atoms with Gasteiger partial charge in [-0.2, -0.15) is 5.10 Å². The predicted molar refractivity (Wildman–Crippen MR) is 178 cm³/mol. The fourth-order valence-electron chi connectivity index (χ4n) is 7.51. The highest BCUT2D eigenvalue weighted by Crippen LogP contribution is 2.37. The number of anilines is 1. The van der Waals surface area contributed by atoms with Gasteiger partial charge in [-0.15, -0.1) is 0 Å². The number of hydrogen-bond acceptors (Lipinski definition) is 8. The van der Waals surface area contributed by atoms with Crippen LogP contribution in [0.5, 0.6) is 0 Å². The molecule has 3 atom stereocenters. The van der Waals surface area contributed by atoms with Crippen LogP contribution in [-0.2, 0) is 32.5 Å². The number of aliphatic carboxylic acids is 1. The van der Waals surface area contributed by atoms with Gasteiger partial charge in [-0.3, -0.25) is 28.9 Å². The number of aromatic nitrogens is 2. The molecule has 3 fully saturated rings. The van der Waals surface area contributed by atoms with E-state index in [1.807, 2.05) is 44.2 Å². The SMILES string of the molecule is C[C@@H]1CN(C(OC2CCC(C(=O)O)CC2)(C(=O)Cc2ccc(NC(=O)c3nn(C)c4ccccc34)c(Cl)c2)N2CCCC2)C[C@H](C)O1. The van der Waals surface area contributed by atoms with Gasteiger partial charge in [0.05, 0.1) is 40.5 Å². The van der Waals surface area contributed by atoms with Crippen LogP contribution in [0, 0.1) is 5.92 Å². The van der Waals surface area contributed by atoms with E-state index in [1.54, 1.807) is 23.9 Å². The first-order chi connectivity index (χ1) is 22.5. The molecule has 2 N–H and O–H groups in total. The molecule has 252 valence electrons. The summed E-state index contributed by atoms with van der Waals surface area (Å²) in [5.41, 5.74) is 2.28. The van der Waals surface area contributed by atoms with Gasteiger partial charge in [-0.25, -0.2) is 0 Å². The summed E-state index contributed by atoms with van der Waals surface area (Å²) in [4.78, 5) is 44.0. The summed E-state index contributed by atoms with van der Waals surface area (Å²) in [7, 11) is 1.79. The van der Waals surface area contributed by atoms with Crippen LogP contribution in [0.15, 0.2) is 42.5 Å². The number of likely N-dealkylation sites (tertiary alicyclic amines) is 1. The molecule has 1 amide bonds. The summed E-state index contributed by atoms with van der Waals surface area (Å²) in [6.45, 7) is 6.55. The molecule has 0 radical (unpaired) electrons. The molecule has 3 heterocycles. The van der Waals surface area contributed by atoms with Crippen molar-refractivity contribution < 1.29 is 29.0 Å². The van der Waals surface area contributed by atoms with E-state index < -0.39 is 11.8 Å². The zero-order valence-corrected chi connectivity index (χ0v) is 28.0. The number of amides is 1. The highest BCUT2D eigenvalue weighted by molar-refractivity contribution is 6.34. The molecule has 2 aromatic carbocycles. The van der Waals surface area contributed by atoms with Gasteiger partial charge in [0.25, 0.3) is 5.91 Å². The molecule has 11 nitrogen and oxygen atoms in total. The monoisotopic (exact) mass is 665 g/mol. The van der Waals surface area contributed by atoms with E-state index in [2.05, 4.69) is 20.2 Å². The first-order valence-corrected chi connectivity index (χ1v) is 17.0. The van der Waals surface area contributed by atoms with Gasteiger partial charge in [0.15, 0.2) is 11.5 Å². The molecule has 0 bridgehead atoms. The highest BCUT2D eigenvalue weighted by Gasteiger charge is 2.54. The number of fused-ring (bicyclic) bond motifs is 1. The Morgan fingerprint density at radius 1 is 1.02 bits per heavy atom. The van der Waals surface area contributed by atoms with E-state index in [1.165, 1.54) is 0 Å². The third kappa shape index (κ3) is 6.96. The average molecular weight is 666 g/mol. The second-order valence-electron chi connectivity index (χ2n) is 13.3. The van der Waals surface area contributed by atoms with Crippen molar-refractivity contribution in [1.82, 2.24) is 19.6 Å². The standard InChI is InChI=1S/C35H44ClN5O6/c1-22-20-41(21-23(2)46-22)35(40-16-6-7-17-40,47-26-13-11-25(12-14-26)34(44)45)31(42)19-24-10-15-29(28(36)18-24)37-33(43)32-27-8-4-5-9-30(27)39(3)38-32/h4-5,8-10,15,18,22-23,25-26H,6-7,11-14,16-17,19-21H2,1-3H3,(H,37,43)(H,44,45)/t22-,23+,25?,26?,35?. The summed E-state index contributed by atoms with van der Waals surface area (Å²) in [6.07, 6.45) is 3.79. The molecule has 1 aliphatic carbocycles. The highest BCUT2D eigenvalue weighted by atomic mass is 35.5. The summed E-state index contributed by atoms with van der Waals surface area (Å²) >= 11 is 6.72. The normalized spacial score (nSPS) is 25.4. The Balaban J connectivity index is 1.26. The zero-order chi connectivity index (χ0) is 33.3. The van der Waals surface area contributed by atoms with E-state index in [9.17, 15) is 19.5 Å². The Hall–Kier alpha value is -3.35. The molecule has 3 aromatic rings. The number of carboxylic acid groups (broad SMARTS) is 1. The number of Topliss-reactive ketones (excluding diaryl/α,β-unsaturated/α-hetero) is 1. The maximum Gasteiger partial charge on any atom is 0.306 e. The van der Waals surface area contributed by atoms with Gasteiger partial charge in [0.2, 0.25) is 5.85 Å². The van der Waals surface area contributed by atoms with Crippen LogP contribution in [0.4, 0.5) is 5.69 Å². The molecule has 1 unspecified atom stereocenters. The van der Waals surface area contributed by atoms with Crippen LogP contribution in [0.1, 0.15) is 68.4 Å². The molecule has 2 saturated heterocycles. The lowest BCUT2D eigenvalue weighted by molar-refractivity contribution is -0.274. The van der Waals surface area contributed by atoms with Gasteiger partial charge in [-0.1, -0.05) is 35.9 Å². The number of benzene rings is 2. The lowest BCUT2D eigenvalue weighted by Crippen LogP contribution is -2.71. The third-order valence-corrected chi connectivity index (χ3v) is 10.0. The number of carboxylic acids is 1. The Bertz CT molecular complexity index is 1620. The molecule has 1 saturated carbocycles. The molecule has 12 heteroatoms. The predicted octanol–water partition coefficient (Wildman–Crippen LogP) is 5.11. The maximum absolute atomic E-state index is 14.8. The van der Waals surface area contributed by atoms with Gasteiger partial charge in [0, 0.05) is 45.0 Å². The lowest BCUT2D eigenvalue weighted by atomic mass is 9.87. The molecule has 6 rings (SSSR count). The van der Waals surface area contributed by atoms with Crippen molar-refractivity contribution in [2.24, 2.45) is 13.0 Å². The number of para-hydroxylation sites is 1. The van der Waals surface area contributed by atoms with Gasteiger partial charge >= 0.3 is 5.97 Å². The molecule has 47 heavy (non-hydrogen) atoms. The topological polar surface area (TPSA) is 126 Å². The molecule has 0 spiro atoms. The largest absolute Gasteiger partial charge is 0.481 e. The van der Waals surface area contributed by atoms with E-state index in [0.717, 1.165) is 36.8 Å². The van der Waals surface area contributed by atoms with Crippen molar-refractivity contribution in [2.75, 3.05) is 31.5 Å². The Morgan fingerprint density at radius 2 is 1.70 bits per heavy atom. The Morgan fingerprint density at radius 3 is 2.36 bits per heavy atom. The number of carbonyl (C=O) groups excluding carboxylic acids is 2. The second kappa shape index (κ2) is 14.0. The van der Waals surface area contributed by atoms with E-state index in [4.69, 9.17) is 21.1 Å². The third-order valence-electron chi connectivity index (χ3n) is 9.72. The summed E-state index contributed by atoms with van der Waals surface area (Å²) in [5.74, 6) is -2.93. The van der Waals surface area contributed by atoms with Crippen LogP contribution in [0.25, 0.3) is 10.9 Å². The van der Waals surface area contributed by atoms with Crippen molar-refractivity contribution in [3.63, 3.8) is 0 Å². The second-order valence-corrected chi connectivity index (χ2v) is 13.7. The molecular formula is C35H44ClN5O6. The van der Waals surface area contributed by atoms with E-state index >= 15 is 0 Å². The number of ketones is 1. The molecule has 1 aromatic heterocycles. The number of carbonyl (C=O) groups is 3. The number of nitrogens with zero attached hydrogens (tertiary/aromatic N) is 4. The maximum atomic E-state index is 14.8. The summed E-state index contributed by atoms with van der Waals surface area (Å²) in [5, 5.41) is 17.9.